The maximum Gasteiger partial charge on any atom is 0.239 e. The van der Waals surface area contributed by atoms with E-state index in [0.29, 0.717) is 12.5 Å². The van der Waals surface area contributed by atoms with Crippen LogP contribution in [0.15, 0.2) is 35.7 Å². The molecule has 0 aliphatic carbocycles. The highest BCUT2D eigenvalue weighted by molar-refractivity contribution is 7.09. The van der Waals surface area contributed by atoms with Crippen molar-refractivity contribution in [1.29, 1.82) is 0 Å². The van der Waals surface area contributed by atoms with Crippen LogP contribution in [0.5, 0.6) is 0 Å². The summed E-state index contributed by atoms with van der Waals surface area (Å²) < 4.78 is 0. The van der Waals surface area contributed by atoms with E-state index in [1.807, 2.05) is 35.7 Å². The number of carbonyl (C=O) groups is 1. The third-order valence-electron chi connectivity index (χ3n) is 2.97. The zero-order chi connectivity index (χ0) is 14.5. The van der Waals surface area contributed by atoms with Crippen molar-refractivity contribution in [2.45, 2.75) is 32.4 Å². The van der Waals surface area contributed by atoms with Gasteiger partial charge in [-0.05, 0) is 5.56 Å². The van der Waals surface area contributed by atoms with Crippen LogP contribution < -0.4 is 11.1 Å². The van der Waals surface area contributed by atoms with Gasteiger partial charge in [0, 0.05) is 17.8 Å². The number of nitrogens with one attached hydrogen (secondary N) is 1. The first-order valence-corrected chi connectivity index (χ1v) is 7.48. The second-order valence-electron chi connectivity index (χ2n) is 4.96. The number of amides is 1. The Hall–Kier alpha value is -1.72. The van der Waals surface area contributed by atoms with Crippen molar-refractivity contribution in [1.82, 2.24) is 10.3 Å². The molecule has 2 rings (SSSR count). The van der Waals surface area contributed by atoms with Crippen LogP contribution >= 0.6 is 11.3 Å². The molecule has 4 nitrogen and oxygen atoms in total. The van der Waals surface area contributed by atoms with Crippen LogP contribution in [-0.4, -0.2) is 10.9 Å². The van der Waals surface area contributed by atoms with Crippen molar-refractivity contribution >= 4 is 17.2 Å². The number of nitrogens with two attached hydrogens (primary N) is 1. The van der Waals surface area contributed by atoms with Gasteiger partial charge in [-0.15, -0.1) is 11.3 Å². The minimum atomic E-state index is -0.486. The van der Waals surface area contributed by atoms with E-state index in [2.05, 4.69) is 24.1 Å². The van der Waals surface area contributed by atoms with Crippen molar-refractivity contribution in [3.05, 3.63) is 52.0 Å². The van der Waals surface area contributed by atoms with Crippen LogP contribution in [0.3, 0.4) is 0 Å². The lowest BCUT2D eigenvalue weighted by Crippen LogP contribution is -2.33. The summed E-state index contributed by atoms with van der Waals surface area (Å²) in [6, 6.07) is 9.00. The number of hydrogen-bond donors (Lipinski definition) is 2. The molecule has 0 aliphatic heterocycles. The number of hydrogen-bond acceptors (Lipinski definition) is 4. The molecule has 1 aromatic carbocycles. The SMILES string of the molecule is CC(C)c1nc(CN[C@@H](C(N)=O)c2ccccc2)cs1. The molecule has 0 fully saturated rings. The number of aromatic nitrogens is 1. The van der Waals surface area contributed by atoms with Gasteiger partial charge in [-0.1, -0.05) is 44.2 Å². The standard InChI is InChI=1S/C15H19N3OS/c1-10(2)15-18-12(9-20-15)8-17-13(14(16)19)11-6-4-3-5-7-11/h3-7,9-10,13,17H,8H2,1-2H3,(H2,16,19)/t13-/m1/s1. The Morgan fingerprint density at radius 1 is 1.35 bits per heavy atom. The van der Waals surface area contributed by atoms with Crippen LogP contribution in [0.25, 0.3) is 0 Å². The number of nitrogens with zero attached hydrogens (tertiary/aromatic N) is 1. The zero-order valence-electron chi connectivity index (χ0n) is 11.7. The lowest BCUT2D eigenvalue weighted by atomic mass is 10.1. The van der Waals surface area contributed by atoms with Crippen LogP contribution in [0.4, 0.5) is 0 Å². The zero-order valence-corrected chi connectivity index (χ0v) is 12.5. The second kappa shape index (κ2) is 6.63. The van der Waals surface area contributed by atoms with Crippen molar-refractivity contribution in [3.8, 4) is 0 Å². The molecule has 5 heteroatoms. The molecule has 0 radical (unpaired) electrons. The molecule has 3 N–H and O–H groups in total. The summed E-state index contributed by atoms with van der Waals surface area (Å²) in [6.45, 7) is 4.77. The Morgan fingerprint density at radius 2 is 2.05 bits per heavy atom. The van der Waals surface area contributed by atoms with E-state index in [-0.39, 0.29) is 5.91 Å². The summed E-state index contributed by atoms with van der Waals surface area (Å²) >= 11 is 1.65. The quantitative estimate of drug-likeness (QED) is 0.859. The van der Waals surface area contributed by atoms with Gasteiger partial charge in [-0.2, -0.15) is 0 Å². The van der Waals surface area contributed by atoms with E-state index >= 15 is 0 Å². The molecule has 0 spiro atoms. The minimum absolute atomic E-state index is 0.379. The Kier molecular flexibility index (Phi) is 4.87. The molecular weight excluding hydrogens is 270 g/mol. The molecular formula is C15H19N3OS. The predicted octanol–water partition coefficient (Wildman–Crippen LogP) is 2.58. The Balaban J connectivity index is 2.04. The number of primary amides is 1. The smallest absolute Gasteiger partial charge is 0.239 e. The van der Waals surface area contributed by atoms with Crippen LogP contribution in [0.1, 0.15) is 42.1 Å². The molecule has 2 aromatic rings. The molecule has 106 valence electrons. The lowest BCUT2D eigenvalue weighted by Gasteiger charge is -2.14. The summed E-state index contributed by atoms with van der Waals surface area (Å²) in [5.74, 6) is 0.0466. The van der Waals surface area contributed by atoms with Gasteiger partial charge < -0.3 is 5.73 Å². The highest BCUT2D eigenvalue weighted by Crippen LogP contribution is 2.20. The van der Waals surface area contributed by atoms with Gasteiger partial charge in [0.05, 0.1) is 10.7 Å². The fourth-order valence-corrected chi connectivity index (χ4v) is 2.74. The predicted molar refractivity (Wildman–Crippen MR) is 81.4 cm³/mol. The van der Waals surface area contributed by atoms with E-state index in [0.717, 1.165) is 16.3 Å². The van der Waals surface area contributed by atoms with Gasteiger partial charge in [0.25, 0.3) is 0 Å². The van der Waals surface area contributed by atoms with Gasteiger partial charge in [0.1, 0.15) is 6.04 Å². The number of rotatable bonds is 6. The van der Waals surface area contributed by atoms with E-state index in [1.54, 1.807) is 11.3 Å². The molecule has 0 saturated carbocycles. The summed E-state index contributed by atoms with van der Waals surface area (Å²) in [7, 11) is 0. The van der Waals surface area contributed by atoms with E-state index in [1.165, 1.54) is 0 Å². The Bertz CT molecular complexity index is 566. The molecule has 0 aliphatic rings. The second-order valence-corrected chi connectivity index (χ2v) is 5.85. The van der Waals surface area contributed by atoms with Crippen molar-refractivity contribution < 1.29 is 4.79 Å². The average Bonchev–Trinajstić information content (AvgIpc) is 2.89. The molecule has 1 atom stereocenters. The van der Waals surface area contributed by atoms with Gasteiger partial charge >= 0.3 is 0 Å². The van der Waals surface area contributed by atoms with E-state index in [9.17, 15) is 4.79 Å². The summed E-state index contributed by atoms with van der Waals surface area (Å²) in [5, 5.41) is 6.30. The average molecular weight is 289 g/mol. The van der Waals surface area contributed by atoms with Gasteiger partial charge in [-0.25, -0.2) is 4.98 Å². The highest BCUT2D eigenvalue weighted by Gasteiger charge is 2.17. The van der Waals surface area contributed by atoms with E-state index < -0.39 is 6.04 Å². The highest BCUT2D eigenvalue weighted by atomic mass is 32.1. The first-order valence-electron chi connectivity index (χ1n) is 6.60. The first-order chi connectivity index (χ1) is 9.58. The number of thiazole rings is 1. The van der Waals surface area contributed by atoms with Crippen molar-refractivity contribution in [2.75, 3.05) is 0 Å². The van der Waals surface area contributed by atoms with Crippen molar-refractivity contribution in [3.63, 3.8) is 0 Å². The van der Waals surface area contributed by atoms with Gasteiger partial charge in [0.2, 0.25) is 5.91 Å². The third-order valence-corrected chi connectivity index (χ3v) is 4.16. The maximum absolute atomic E-state index is 11.6. The Morgan fingerprint density at radius 3 is 2.60 bits per heavy atom. The largest absolute Gasteiger partial charge is 0.368 e. The fraction of sp³-hybridized carbons (Fsp3) is 0.333. The van der Waals surface area contributed by atoms with Gasteiger partial charge in [-0.3, -0.25) is 10.1 Å². The first kappa shape index (κ1) is 14.7. The lowest BCUT2D eigenvalue weighted by molar-refractivity contribution is -0.120. The molecule has 0 bridgehead atoms. The minimum Gasteiger partial charge on any atom is -0.368 e. The molecule has 1 heterocycles. The normalized spacial score (nSPS) is 12.6. The van der Waals surface area contributed by atoms with Gasteiger partial charge in [0.15, 0.2) is 0 Å². The summed E-state index contributed by atoms with van der Waals surface area (Å²) in [5.41, 5.74) is 7.29. The number of carbonyl (C=O) groups excluding carboxylic acids is 1. The molecule has 0 saturated heterocycles. The molecule has 1 aromatic heterocycles. The summed E-state index contributed by atoms with van der Waals surface area (Å²) in [6.07, 6.45) is 0. The monoisotopic (exact) mass is 289 g/mol. The third kappa shape index (κ3) is 3.65. The van der Waals surface area contributed by atoms with Crippen LogP contribution in [-0.2, 0) is 11.3 Å². The van der Waals surface area contributed by atoms with Crippen molar-refractivity contribution in [2.24, 2.45) is 5.73 Å². The van der Waals surface area contributed by atoms with Crippen LogP contribution in [0, 0.1) is 0 Å². The Labute approximate surface area is 123 Å². The fourth-order valence-electron chi connectivity index (χ4n) is 1.90. The van der Waals surface area contributed by atoms with Crippen LogP contribution in [0.2, 0.25) is 0 Å². The maximum atomic E-state index is 11.6. The molecule has 20 heavy (non-hydrogen) atoms. The number of benzene rings is 1. The van der Waals surface area contributed by atoms with E-state index in [4.69, 9.17) is 5.73 Å². The molecule has 0 unspecified atom stereocenters. The topological polar surface area (TPSA) is 68.0 Å². The summed E-state index contributed by atoms with van der Waals surface area (Å²) in [4.78, 5) is 16.1. The molecule has 1 amide bonds.